The molecule has 1 fully saturated rings. The van der Waals surface area contributed by atoms with Gasteiger partial charge in [-0.2, -0.15) is 4.31 Å². The Morgan fingerprint density at radius 3 is 2.36 bits per heavy atom. The third kappa shape index (κ3) is 4.21. The van der Waals surface area contributed by atoms with Crippen molar-refractivity contribution in [2.24, 2.45) is 0 Å². The van der Waals surface area contributed by atoms with Crippen molar-refractivity contribution in [3.8, 4) is 0 Å². The zero-order valence-electron chi connectivity index (χ0n) is 16.0. The van der Waals surface area contributed by atoms with Crippen molar-refractivity contribution in [1.29, 1.82) is 0 Å². The summed E-state index contributed by atoms with van der Waals surface area (Å²) in [5, 5.41) is 0.156. The molecule has 0 saturated carbocycles. The highest BCUT2D eigenvalue weighted by Gasteiger charge is 2.31. The smallest absolute Gasteiger partial charge is 0.257 e. The maximum absolute atomic E-state index is 12.9. The summed E-state index contributed by atoms with van der Waals surface area (Å²) >= 11 is 6.00. The number of aromatic nitrogens is 1. The zero-order chi connectivity index (χ0) is 20.3. The highest BCUT2D eigenvalue weighted by Crippen LogP contribution is 2.23. The number of hydrogen-bond acceptors (Lipinski definition) is 4. The summed E-state index contributed by atoms with van der Waals surface area (Å²) in [5.41, 5.74) is 1.46. The number of pyridine rings is 1. The standard InChI is InChI=1S/C20H24ClN3O3S/c1-3-15(2)16-6-8-17(9-7-16)28(26,27)24-13-11-23(12-14-24)20(25)18-5-4-10-22-19(18)21/h4-10,15H,3,11-14H2,1-2H3. The van der Waals surface area contributed by atoms with Crippen molar-refractivity contribution in [2.45, 2.75) is 31.1 Å². The van der Waals surface area contributed by atoms with Gasteiger partial charge in [-0.15, -0.1) is 0 Å². The molecule has 1 aliphatic heterocycles. The van der Waals surface area contributed by atoms with Crippen LogP contribution in [0.5, 0.6) is 0 Å². The lowest BCUT2D eigenvalue weighted by Crippen LogP contribution is -2.50. The van der Waals surface area contributed by atoms with E-state index >= 15 is 0 Å². The van der Waals surface area contributed by atoms with E-state index in [-0.39, 0.29) is 29.0 Å². The summed E-state index contributed by atoms with van der Waals surface area (Å²) in [5.74, 6) is 0.165. The van der Waals surface area contributed by atoms with Crippen LogP contribution in [-0.2, 0) is 10.0 Å². The van der Waals surface area contributed by atoms with Crippen LogP contribution >= 0.6 is 11.6 Å². The van der Waals surface area contributed by atoms with Crippen LogP contribution in [-0.4, -0.2) is 54.7 Å². The number of rotatable bonds is 5. The molecule has 6 nitrogen and oxygen atoms in total. The van der Waals surface area contributed by atoms with Crippen molar-refractivity contribution in [3.05, 3.63) is 58.9 Å². The summed E-state index contributed by atoms with van der Waals surface area (Å²) in [4.78, 5) is 18.4. The number of hydrogen-bond donors (Lipinski definition) is 0. The number of benzene rings is 1. The summed E-state index contributed by atoms with van der Waals surface area (Å²) in [6.07, 6.45) is 2.53. The SMILES string of the molecule is CCC(C)c1ccc(S(=O)(=O)N2CCN(C(=O)c3cccnc3Cl)CC2)cc1. The molecule has 1 saturated heterocycles. The molecule has 3 rings (SSSR count). The third-order valence-corrected chi connectivity index (χ3v) is 7.43. The van der Waals surface area contributed by atoms with Crippen molar-refractivity contribution >= 4 is 27.5 Å². The molecular formula is C20H24ClN3O3S. The van der Waals surface area contributed by atoms with Crippen LogP contribution in [0.3, 0.4) is 0 Å². The second-order valence-corrected chi connectivity index (χ2v) is 9.21. The van der Waals surface area contributed by atoms with E-state index < -0.39 is 10.0 Å². The van der Waals surface area contributed by atoms with Gasteiger partial charge in [0.2, 0.25) is 10.0 Å². The molecule has 1 amide bonds. The summed E-state index contributed by atoms with van der Waals surface area (Å²) < 4.78 is 27.3. The molecule has 2 heterocycles. The van der Waals surface area contributed by atoms with Crippen LogP contribution in [0.4, 0.5) is 0 Å². The highest BCUT2D eigenvalue weighted by molar-refractivity contribution is 7.89. The quantitative estimate of drug-likeness (QED) is 0.694. The maximum Gasteiger partial charge on any atom is 0.257 e. The molecule has 1 unspecified atom stereocenters. The lowest BCUT2D eigenvalue weighted by Gasteiger charge is -2.34. The molecule has 1 aromatic carbocycles. The Hall–Kier alpha value is -1.96. The van der Waals surface area contributed by atoms with Crippen molar-refractivity contribution in [1.82, 2.24) is 14.2 Å². The monoisotopic (exact) mass is 421 g/mol. The highest BCUT2D eigenvalue weighted by atomic mass is 35.5. The average molecular weight is 422 g/mol. The van der Waals surface area contributed by atoms with Crippen LogP contribution in [0.2, 0.25) is 5.15 Å². The van der Waals surface area contributed by atoms with Gasteiger partial charge in [0.1, 0.15) is 5.15 Å². The van der Waals surface area contributed by atoms with Gasteiger partial charge in [-0.05, 0) is 42.2 Å². The van der Waals surface area contributed by atoms with E-state index in [0.29, 0.717) is 24.6 Å². The molecule has 2 aromatic rings. The Balaban J connectivity index is 1.68. The summed E-state index contributed by atoms with van der Waals surface area (Å²) in [7, 11) is -3.58. The number of nitrogens with zero attached hydrogens (tertiary/aromatic N) is 3. The normalized spacial score (nSPS) is 16.8. The topological polar surface area (TPSA) is 70.6 Å². The van der Waals surface area contributed by atoms with E-state index in [9.17, 15) is 13.2 Å². The van der Waals surface area contributed by atoms with Gasteiger partial charge in [-0.1, -0.05) is 37.6 Å². The predicted molar refractivity (Wildman–Crippen MR) is 109 cm³/mol. The minimum Gasteiger partial charge on any atom is -0.336 e. The number of carbonyl (C=O) groups is 1. The second kappa shape index (κ2) is 8.59. The molecule has 0 bridgehead atoms. The molecule has 0 N–H and O–H groups in total. The predicted octanol–water partition coefficient (Wildman–Crippen LogP) is 3.40. The van der Waals surface area contributed by atoms with E-state index in [1.807, 2.05) is 12.1 Å². The van der Waals surface area contributed by atoms with E-state index in [1.54, 1.807) is 29.2 Å². The number of amides is 1. The Morgan fingerprint density at radius 1 is 1.14 bits per heavy atom. The van der Waals surface area contributed by atoms with Crippen LogP contribution in [0, 0.1) is 0 Å². The number of piperazine rings is 1. The van der Waals surface area contributed by atoms with E-state index in [1.165, 1.54) is 10.5 Å². The molecule has 0 spiro atoms. The van der Waals surface area contributed by atoms with Crippen LogP contribution in [0.1, 0.15) is 42.1 Å². The summed E-state index contributed by atoms with van der Waals surface area (Å²) in [6, 6.07) is 10.4. The lowest BCUT2D eigenvalue weighted by atomic mass is 9.99. The van der Waals surface area contributed by atoms with Crippen LogP contribution in [0.15, 0.2) is 47.5 Å². The Bertz CT molecular complexity index is 939. The zero-order valence-corrected chi connectivity index (χ0v) is 17.6. The van der Waals surface area contributed by atoms with Gasteiger partial charge >= 0.3 is 0 Å². The maximum atomic E-state index is 12.9. The van der Waals surface area contributed by atoms with E-state index in [0.717, 1.165) is 12.0 Å². The van der Waals surface area contributed by atoms with Gasteiger partial charge in [0.25, 0.3) is 5.91 Å². The first kappa shape index (κ1) is 20.8. The Labute approximate surface area is 171 Å². The number of halogens is 1. The fourth-order valence-corrected chi connectivity index (χ4v) is 4.82. The van der Waals surface area contributed by atoms with E-state index in [2.05, 4.69) is 18.8 Å². The molecule has 1 atom stereocenters. The second-order valence-electron chi connectivity index (χ2n) is 6.92. The van der Waals surface area contributed by atoms with Gasteiger partial charge in [0, 0.05) is 32.4 Å². The van der Waals surface area contributed by atoms with Gasteiger partial charge in [-0.25, -0.2) is 13.4 Å². The van der Waals surface area contributed by atoms with E-state index in [4.69, 9.17) is 11.6 Å². The van der Waals surface area contributed by atoms with Gasteiger partial charge in [-0.3, -0.25) is 4.79 Å². The van der Waals surface area contributed by atoms with Crippen molar-refractivity contribution in [3.63, 3.8) is 0 Å². The van der Waals surface area contributed by atoms with Crippen LogP contribution in [0.25, 0.3) is 0 Å². The molecule has 28 heavy (non-hydrogen) atoms. The fraction of sp³-hybridized carbons (Fsp3) is 0.400. The molecular weight excluding hydrogens is 398 g/mol. The molecule has 0 radical (unpaired) electrons. The average Bonchev–Trinajstić information content (AvgIpc) is 2.73. The molecule has 1 aliphatic rings. The first-order chi connectivity index (χ1) is 13.3. The largest absolute Gasteiger partial charge is 0.336 e. The van der Waals surface area contributed by atoms with Crippen molar-refractivity contribution < 1.29 is 13.2 Å². The lowest BCUT2D eigenvalue weighted by molar-refractivity contribution is 0.0697. The van der Waals surface area contributed by atoms with Gasteiger partial charge in [0.15, 0.2) is 0 Å². The molecule has 1 aromatic heterocycles. The first-order valence-corrected chi connectivity index (χ1v) is 11.2. The number of sulfonamides is 1. The van der Waals surface area contributed by atoms with Gasteiger partial charge in [0.05, 0.1) is 10.5 Å². The van der Waals surface area contributed by atoms with Gasteiger partial charge < -0.3 is 4.90 Å². The fourth-order valence-electron chi connectivity index (χ4n) is 3.20. The first-order valence-electron chi connectivity index (χ1n) is 9.34. The number of carbonyl (C=O) groups excluding carboxylic acids is 1. The third-order valence-electron chi connectivity index (χ3n) is 5.21. The van der Waals surface area contributed by atoms with Crippen LogP contribution < -0.4 is 0 Å². The minimum absolute atomic E-state index is 0.156. The molecule has 8 heteroatoms. The summed E-state index contributed by atoms with van der Waals surface area (Å²) in [6.45, 7) is 5.35. The minimum atomic E-state index is -3.58. The molecule has 0 aliphatic carbocycles. The Morgan fingerprint density at radius 2 is 1.79 bits per heavy atom. The van der Waals surface area contributed by atoms with Crippen molar-refractivity contribution in [2.75, 3.05) is 26.2 Å². The molecule has 150 valence electrons. The Kier molecular flexibility index (Phi) is 6.37.